The first-order valence-electron chi connectivity index (χ1n) is 9.47. The molecule has 1 N–H and O–H groups in total. The van der Waals surface area contributed by atoms with Gasteiger partial charge in [-0.15, -0.1) is 11.3 Å². The standard InChI is InChI=1S/C20H27N3O3S3/c1-15-4-6-16(7-5-15)17(22(2)3)14-21-20(24)19-18(8-11-28-19)29(25,26)23-9-12-27-13-10-23/h4-8,11,17H,9-10,12-14H2,1-3H3,(H,21,24). The second-order valence-electron chi connectivity index (χ2n) is 7.23. The molecule has 1 aliphatic rings. The molecule has 9 heteroatoms. The van der Waals surface area contributed by atoms with Crippen LogP contribution in [0, 0.1) is 6.92 Å². The van der Waals surface area contributed by atoms with Gasteiger partial charge in [0, 0.05) is 31.1 Å². The van der Waals surface area contributed by atoms with Gasteiger partial charge in [0.2, 0.25) is 10.0 Å². The molecule has 1 atom stereocenters. The van der Waals surface area contributed by atoms with Crippen LogP contribution in [0.5, 0.6) is 0 Å². The quantitative estimate of drug-likeness (QED) is 0.698. The molecule has 0 bridgehead atoms. The molecule has 2 aromatic rings. The molecule has 6 nitrogen and oxygen atoms in total. The Morgan fingerprint density at radius 3 is 2.45 bits per heavy atom. The number of carbonyl (C=O) groups is 1. The van der Waals surface area contributed by atoms with Crippen LogP contribution in [0.25, 0.3) is 0 Å². The monoisotopic (exact) mass is 453 g/mol. The summed E-state index contributed by atoms with van der Waals surface area (Å²) < 4.78 is 27.5. The van der Waals surface area contributed by atoms with Crippen LogP contribution in [0.4, 0.5) is 0 Å². The van der Waals surface area contributed by atoms with Gasteiger partial charge in [-0.25, -0.2) is 8.42 Å². The SMILES string of the molecule is Cc1ccc(C(CNC(=O)c2sccc2S(=O)(=O)N2CCSCC2)N(C)C)cc1. The van der Waals surface area contributed by atoms with E-state index in [-0.39, 0.29) is 21.7 Å². The number of aryl methyl sites for hydroxylation is 1. The predicted molar refractivity (Wildman–Crippen MR) is 120 cm³/mol. The van der Waals surface area contributed by atoms with Crippen molar-refractivity contribution in [3.63, 3.8) is 0 Å². The van der Waals surface area contributed by atoms with Crippen molar-refractivity contribution in [2.45, 2.75) is 17.9 Å². The van der Waals surface area contributed by atoms with E-state index in [2.05, 4.69) is 29.6 Å². The van der Waals surface area contributed by atoms with Crippen LogP contribution in [0.1, 0.15) is 26.8 Å². The van der Waals surface area contributed by atoms with Gasteiger partial charge in [0.25, 0.3) is 5.91 Å². The molecule has 3 rings (SSSR count). The fraction of sp³-hybridized carbons (Fsp3) is 0.450. The summed E-state index contributed by atoms with van der Waals surface area (Å²) in [5, 5.41) is 4.61. The summed E-state index contributed by atoms with van der Waals surface area (Å²) in [4.78, 5) is 15.3. The van der Waals surface area contributed by atoms with Crippen molar-refractivity contribution in [3.05, 3.63) is 51.7 Å². The minimum absolute atomic E-state index is 0.00121. The number of thiophene rings is 1. The number of likely N-dealkylation sites (N-methyl/N-ethyl adjacent to an activating group) is 1. The van der Waals surface area contributed by atoms with Crippen LogP contribution < -0.4 is 5.32 Å². The normalized spacial score (nSPS) is 16.7. The number of sulfonamides is 1. The summed E-state index contributed by atoms with van der Waals surface area (Å²) in [6, 6.07) is 9.75. The minimum Gasteiger partial charge on any atom is -0.349 e. The fourth-order valence-electron chi connectivity index (χ4n) is 3.25. The lowest BCUT2D eigenvalue weighted by Gasteiger charge is -2.26. The van der Waals surface area contributed by atoms with Crippen molar-refractivity contribution in [1.82, 2.24) is 14.5 Å². The van der Waals surface area contributed by atoms with Gasteiger partial charge in [0.15, 0.2) is 0 Å². The first kappa shape index (κ1) is 22.3. The van der Waals surface area contributed by atoms with Crippen LogP contribution in [-0.2, 0) is 10.0 Å². The lowest BCUT2D eigenvalue weighted by Crippen LogP contribution is -2.39. The number of thioether (sulfide) groups is 1. The number of nitrogens with zero attached hydrogens (tertiary/aromatic N) is 2. The van der Waals surface area contributed by atoms with Crippen molar-refractivity contribution < 1.29 is 13.2 Å². The molecule has 1 saturated heterocycles. The summed E-state index contributed by atoms with van der Waals surface area (Å²) in [5.41, 5.74) is 2.28. The Labute approximate surface area is 181 Å². The van der Waals surface area contributed by atoms with Gasteiger partial charge >= 0.3 is 0 Å². The van der Waals surface area contributed by atoms with E-state index in [4.69, 9.17) is 0 Å². The summed E-state index contributed by atoms with van der Waals surface area (Å²) in [6.07, 6.45) is 0. The predicted octanol–water partition coefficient (Wildman–Crippen LogP) is 2.83. The van der Waals surface area contributed by atoms with E-state index in [0.717, 1.165) is 17.1 Å². The average Bonchev–Trinajstić information content (AvgIpc) is 3.21. The van der Waals surface area contributed by atoms with Crippen molar-refractivity contribution in [2.75, 3.05) is 45.2 Å². The van der Waals surface area contributed by atoms with Crippen LogP contribution in [0.3, 0.4) is 0 Å². The van der Waals surface area contributed by atoms with Crippen LogP contribution in [-0.4, -0.2) is 68.8 Å². The van der Waals surface area contributed by atoms with E-state index in [1.165, 1.54) is 21.2 Å². The Hall–Kier alpha value is -1.39. The first-order valence-corrected chi connectivity index (χ1v) is 12.9. The van der Waals surface area contributed by atoms with Gasteiger partial charge in [0.1, 0.15) is 9.77 Å². The first-order chi connectivity index (χ1) is 13.8. The molecule has 1 aliphatic heterocycles. The third-order valence-corrected chi connectivity index (χ3v) is 8.89. The molecule has 1 amide bonds. The van der Waals surface area contributed by atoms with Crippen molar-refractivity contribution in [3.8, 4) is 0 Å². The molecule has 2 heterocycles. The van der Waals surface area contributed by atoms with Crippen LogP contribution >= 0.6 is 23.1 Å². The smallest absolute Gasteiger partial charge is 0.262 e. The average molecular weight is 454 g/mol. The highest BCUT2D eigenvalue weighted by molar-refractivity contribution is 7.99. The van der Waals surface area contributed by atoms with Gasteiger partial charge in [0.05, 0.1) is 6.04 Å². The van der Waals surface area contributed by atoms with E-state index in [1.54, 1.807) is 23.2 Å². The van der Waals surface area contributed by atoms with Gasteiger partial charge in [-0.05, 0) is 38.0 Å². The Balaban J connectivity index is 1.74. The molecule has 1 aromatic carbocycles. The van der Waals surface area contributed by atoms with Gasteiger partial charge in [-0.3, -0.25) is 4.79 Å². The maximum atomic E-state index is 13.0. The van der Waals surface area contributed by atoms with Gasteiger partial charge in [-0.1, -0.05) is 29.8 Å². The Morgan fingerprint density at radius 1 is 1.17 bits per heavy atom. The van der Waals surface area contributed by atoms with E-state index < -0.39 is 10.0 Å². The zero-order chi connectivity index (χ0) is 21.0. The molecule has 0 aliphatic carbocycles. The van der Waals surface area contributed by atoms with E-state index in [1.807, 2.05) is 25.9 Å². The number of rotatable bonds is 7. The maximum Gasteiger partial charge on any atom is 0.262 e. The molecule has 158 valence electrons. The highest BCUT2D eigenvalue weighted by Crippen LogP contribution is 2.27. The number of hydrogen-bond acceptors (Lipinski definition) is 6. The van der Waals surface area contributed by atoms with Crippen molar-refractivity contribution in [1.29, 1.82) is 0 Å². The number of benzene rings is 1. The van der Waals surface area contributed by atoms with E-state index in [9.17, 15) is 13.2 Å². The summed E-state index contributed by atoms with van der Waals surface area (Å²) in [7, 11) is 0.282. The molecule has 1 unspecified atom stereocenters. The Kier molecular flexibility index (Phi) is 7.39. The Morgan fingerprint density at radius 2 is 1.83 bits per heavy atom. The lowest BCUT2D eigenvalue weighted by atomic mass is 10.0. The molecular weight excluding hydrogens is 426 g/mol. The molecule has 1 aromatic heterocycles. The molecule has 1 fully saturated rings. The van der Waals surface area contributed by atoms with E-state index >= 15 is 0 Å². The highest BCUT2D eigenvalue weighted by Gasteiger charge is 2.31. The Bertz CT molecular complexity index is 933. The third-order valence-electron chi connectivity index (χ3n) is 4.96. The second-order valence-corrected chi connectivity index (χ2v) is 11.3. The van der Waals surface area contributed by atoms with Crippen molar-refractivity contribution in [2.24, 2.45) is 0 Å². The summed E-state index contributed by atoms with van der Waals surface area (Å²) in [6.45, 7) is 3.41. The number of amides is 1. The zero-order valence-corrected chi connectivity index (χ0v) is 19.4. The third kappa shape index (κ3) is 5.21. The topological polar surface area (TPSA) is 69.7 Å². The molecular formula is C20H27N3O3S3. The van der Waals surface area contributed by atoms with Crippen LogP contribution in [0.15, 0.2) is 40.6 Å². The highest BCUT2D eigenvalue weighted by atomic mass is 32.2. The largest absolute Gasteiger partial charge is 0.349 e. The second kappa shape index (κ2) is 9.61. The molecule has 0 radical (unpaired) electrons. The molecule has 0 spiro atoms. The molecule has 29 heavy (non-hydrogen) atoms. The maximum absolute atomic E-state index is 13.0. The zero-order valence-electron chi connectivity index (χ0n) is 16.9. The number of carbonyl (C=O) groups excluding carboxylic acids is 1. The van der Waals surface area contributed by atoms with Crippen molar-refractivity contribution >= 4 is 39.0 Å². The fourth-order valence-corrected chi connectivity index (χ4v) is 7.14. The number of hydrogen-bond donors (Lipinski definition) is 1. The summed E-state index contributed by atoms with van der Waals surface area (Å²) >= 11 is 2.92. The number of nitrogens with one attached hydrogen (secondary N) is 1. The summed E-state index contributed by atoms with van der Waals surface area (Å²) in [5.74, 6) is 1.22. The lowest BCUT2D eigenvalue weighted by molar-refractivity contribution is 0.0943. The van der Waals surface area contributed by atoms with Crippen LogP contribution in [0.2, 0.25) is 0 Å². The molecule has 0 saturated carbocycles. The van der Waals surface area contributed by atoms with Gasteiger partial charge in [-0.2, -0.15) is 16.1 Å². The van der Waals surface area contributed by atoms with E-state index in [0.29, 0.717) is 19.6 Å². The minimum atomic E-state index is -3.65. The van der Waals surface area contributed by atoms with Gasteiger partial charge < -0.3 is 10.2 Å².